The van der Waals surface area contributed by atoms with Gasteiger partial charge in [-0.3, -0.25) is 4.79 Å². The molecular weight excluding hydrogens is 518 g/mol. The van der Waals surface area contributed by atoms with E-state index in [1.54, 1.807) is 0 Å². The molecular formula is C23H19Cl2F5N2O3. The van der Waals surface area contributed by atoms with Gasteiger partial charge in [0.15, 0.2) is 11.5 Å². The van der Waals surface area contributed by atoms with Crippen molar-refractivity contribution in [2.45, 2.75) is 43.3 Å². The van der Waals surface area contributed by atoms with Gasteiger partial charge in [-0.1, -0.05) is 52.6 Å². The molecule has 2 heterocycles. The molecule has 1 amide bonds. The summed E-state index contributed by atoms with van der Waals surface area (Å²) >= 11 is 11.4. The Morgan fingerprint density at radius 3 is 2.11 bits per heavy atom. The van der Waals surface area contributed by atoms with Crippen LogP contribution in [0.2, 0.25) is 10.0 Å². The molecule has 1 unspecified atom stereocenters. The van der Waals surface area contributed by atoms with Crippen molar-refractivity contribution in [3.05, 3.63) is 69.0 Å². The zero-order chi connectivity index (χ0) is 26.0. The van der Waals surface area contributed by atoms with Crippen molar-refractivity contribution in [3.63, 3.8) is 0 Å². The number of oxime groups is 1. The van der Waals surface area contributed by atoms with Gasteiger partial charge in [0.1, 0.15) is 5.60 Å². The van der Waals surface area contributed by atoms with Gasteiger partial charge in [0.05, 0.1) is 28.8 Å². The molecule has 12 heteroatoms. The minimum Gasteiger partial charge on any atom is -0.381 e. The van der Waals surface area contributed by atoms with Gasteiger partial charge in [-0.25, -0.2) is 8.78 Å². The average molecular weight is 537 g/mol. The van der Waals surface area contributed by atoms with Crippen LogP contribution in [-0.2, 0) is 20.9 Å². The van der Waals surface area contributed by atoms with Gasteiger partial charge in [0, 0.05) is 12.0 Å². The van der Waals surface area contributed by atoms with E-state index in [9.17, 15) is 27.5 Å². The number of carbonyl (C=O) groups is 1. The largest absolute Gasteiger partial charge is 0.435 e. The highest BCUT2D eigenvalue weighted by molar-refractivity contribution is 6.35. The fourth-order valence-corrected chi connectivity index (χ4v) is 4.57. The van der Waals surface area contributed by atoms with Crippen LogP contribution >= 0.6 is 23.2 Å². The first-order valence-electron chi connectivity index (χ1n) is 10.4. The van der Waals surface area contributed by atoms with Crippen LogP contribution in [0, 0.1) is 5.82 Å². The highest BCUT2D eigenvalue weighted by atomic mass is 35.5. The second-order valence-corrected chi connectivity index (χ2v) is 9.96. The lowest BCUT2D eigenvalue weighted by Crippen LogP contribution is -2.62. The van der Waals surface area contributed by atoms with Crippen LogP contribution in [0.15, 0.2) is 41.6 Å². The van der Waals surface area contributed by atoms with E-state index >= 15 is 4.39 Å². The molecule has 2 aromatic carbocycles. The summed E-state index contributed by atoms with van der Waals surface area (Å²) in [6.45, 7) is 2.09. The number of carbonyl (C=O) groups excluding carboxylic acids is 1. The molecule has 0 aromatic heterocycles. The molecule has 1 N–H and O–H groups in total. The Kier molecular flexibility index (Phi) is 6.09. The predicted molar refractivity (Wildman–Crippen MR) is 118 cm³/mol. The quantitative estimate of drug-likeness (QED) is 0.415. The van der Waals surface area contributed by atoms with Crippen LogP contribution in [0.3, 0.4) is 0 Å². The molecule has 0 radical (unpaired) electrons. The smallest absolute Gasteiger partial charge is 0.381 e. The number of rotatable bonds is 4. The summed E-state index contributed by atoms with van der Waals surface area (Å²) in [6, 6.07) is 7.17. The van der Waals surface area contributed by atoms with E-state index in [1.807, 2.05) is 0 Å². The lowest BCUT2D eigenvalue weighted by Gasteiger charge is -2.46. The predicted octanol–water partition coefficient (Wildman–Crippen LogP) is 5.49. The van der Waals surface area contributed by atoms with Gasteiger partial charge < -0.3 is 14.8 Å². The zero-order valence-corrected chi connectivity index (χ0v) is 19.9. The third kappa shape index (κ3) is 4.36. The van der Waals surface area contributed by atoms with Gasteiger partial charge in [-0.15, -0.1) is 0 Å². The zero-order valence-electron chi connectivity index (χ0n) is 18.4. The van der Waals surface area contributed by atoms with E-state index in [2.05, 4.69) is 5.16 Å². The van der Waals surface area contributed by atoms with E-state index in [-0.39, 0.29) is 29.9 Å². The summed E-state index contributed by atoms with van der Waals surface area (Å²) in [7, 11) is 0. The monoisotopic (exact) mass is 536 g/mol. The molecule has 2 aliphatic heterocycles. The number of amides is 1. The number of hydrogen-bond acceptors (Lipinski definition) is 4. The molecule has 5 nitrogen and oxygen atoms in total. The standard InChI is InChI=1S/C23H19Cl2F5N2O3/c1-20(2,34)19(33)32-10-21(27,11-32)13-5-3-12(4-6-13)17-9-22(35-31-17,23(28,29)30)14-7-15(24)18(26)16(25)8-14/h3-8,34H,9-11H2,1-2H3. The van der Waals surface area contributed by atoms with Crippen molar-refractivity contribution < 1.29 is 36.7 Å². The van der Waals surface area contributed by atoms with Crippen molar-refractivity contribution in [2.24, 2.45) is 5.16 Å². The maximum absolute atomic E-state index is 15.2. The first kappa shape index (κ1) is 25.7. The van der Waals surface area contributed by atoms with Crippen LogP contribution in [0.1, 0.15) is 37.0 Å². The Bertz CT molecular complexity index is 1180. The Hall–Kier alpha value is -2.43. The van der Waals surface area contributed by atoms with Crippen LogP contribution in [0.5, 0.6) is 0 Å². The molecule has 2 aromatic rings. The van der Waals surface area contributed by atoms with Crippen LogP contribution in [0.25, 0.3) is 0 Å². The topological polar surface area (TPSA) is 62.1 Å². The SMILES string of the molecule is CC(C)(O)C(=O)N1CC(F)(c2ccc(C3=NOC(c4cc(Cl)c(F)c(Cl)c4)(C(F)(F)F)C3)cc2)C1. The van der Waals surface area contributed by atoms with E-state index in [4.69, 9.17) is 28.0 Å². The lowest BCUT2D eigenvalue weighted by molar-refractivity contribution is -0.275. The molecule has 2 aliphatic rings. The number of likely N-dealkylation sites (tertiary alicyclic amines) is 1. The summed E-state index contributed by atoms with van der Waals surface area (Å²) in [6.07, 6.45) is -5.70. The number of benzene rings is 2. The number of alkyl halides is 4. The summed E-state index contributed by atoms with van der Waals surface area (Å²) < 4.78 is 71.4. The molecule has 0 aliphatic carbocycles. The fraction of sp³-hybridized carbons (Fsp3) is 0.391. The van der Waals surface area contributed by atoms with E-state index in [0.29, 0.717) is 0 Å². The van der Waals surface area contributed by atoms with E-state index in [1.165, 1.54) is 43.0 Å². The maximum Gasteiger partial charge on any atom is 0.435 e. The number of hydrogen-bond donors (Lipinski definition) is 1. The van der Waals surface area contributed by atoms with Gasteiger partial charge in [-0.05, 0) is 37.1 Å². The normalized spacial score (nSPS) is 21.9. The Morgan fingerprint density at radius 2 is 1.63 bits per heavy atom. The van der Waals surface area contributed by atoms with Crippen LogP contribution in [-0.4, -0.2) is 46.5 Å². The molecule has 1 atom stereocenters. The van der Waals surface area contributed by atoms with Gasteiger partial charge >= 0.3 is 6.18 Å². The average Bonchev–Trinajstić information content (AvgIpc) is 3.21. The third-order valence-electron chi connectivity index (χ3n) is 6.07. The third-order valence-corrected chi connectivity index (χ3v) is 6.62. The molecule has 35 heavy (non-hydrogen) atoms. The van der Waals surface area contributed by atoms with Crippen LogP contribution < -0.4 is 0 Å². The molecule has 1 saturated heterocycles. The Morgan fingerprint density at radius 1 is 1.09 bits per heavy atom. The van der Waals surface area contributed by atoms with Crippen LogP contribution in [0.4, 0.5) is 22.0 Å². The highest BCUT2D eigenvalue weighted by Gasteiger charge is 2.62. The first-order valence-corrected chi connectivity index (χ1v) is 11.1. The van der Waals surface area contributed by atoms with Crippen molar-refractivity contribution in [3.8, 4) is 0 Å². The molecule has 0 spiro atoms. The number of nitrogens with zero attached hydrogens (tertiary/aromatic N) is 2. The molecule has 188 valence electrons. The maximum atomic E-state index is 15.2. The molecule has 1 fully saturated rings. The second kappa shape index (κ2) is 8.31. The molecule has 0 bridgehead atoms. The van der Waals surface area contributed by atoms with E-state index < -0.39 is 56.8 Å². The minimum absolute atomic E-state index is 0.0641. The Balaban J connectivity index is 1.55. The molecule has 0 saturated carbocycles. The van der Waals surface area contributed by atoms with E-state index in [0.717, 1.165) is 12.1 Å². The van der Waals surface area contributed by atoms with Crippen molar-refractivity contribution >= 4 is 34.8 Å². The first-order chi connectivity index (χ1) is 16.1. The van der Waals surface area contributed by atoms with Crippen molar-refractivity contribution in [1.82, 2.24) is 4.90 Å². The second-order valence-electron chi connectivity index (χ2n) is 9.15. The van der Waals surface area contributed by atoms with Gasteiger partial charge in [-0.2, -0.15) is 13.2 Å². The Labute approximate surface area is 207 Å². The minimum atomic E-state index is -4.95. The lowest BCUT2D eigenvalue weighted by atomic mass is 9.84. The van der Waals surface area contributed by atoms with Gasteiger partial charge in [0.25, 0.3) is 11.5 Å². The fourth-order valence-electron chi connectivity index (χ4n) is 4.08. The van der Waals surface area contributed by atoms with Gasteiger partial charge in [0.2, 0.25) is 0 Å². The summed E-state index contributed by atoms with van der Waals surface area (Å²) in [5, 5.41) is 12.2. The summed E-state index contributed by atoms with van der Waals surface area (Å²) in [4.78, 5) is 18.1. The highest BCUT2D eigenvalue weighted by Crippen LogP contribution is 2.50. The van der Waals surface area contributed by atoms with Crippen molar-refractivity contribution in [2.75, 3.05) is 13.1 Å². The summed E-state index contributed by atoms with van der Waals surface area (Å²) in [5.41, 5.74) is -6.52. The molecule has 4 rings (SSSR count). The summed E-state index contributed by atoms with van der Waals surface area (Å²) in [5.74, 6) is -1.66. The van der Waals surface area contributed by atoms with Crippen molar-refractivity contribution in [1.29, 1.82) is 0 Å². The number of halogens is 7. The number of aliphatic hydroxyl groups is 1.